The lowest BCUT2D eigenvalue weighted by molar-refractivity contribution is 0.0954. The lowest BCUT2D eigenvalue weighted by Gasteiger charge is -2.12. The molecule has 3 aromatic carbocycles. The highest BCUT2D eigenvalue weighted by molar-refractivity contribution is 6.30. The van der Waals surface area contributed by atoms with Crippen LogP contribution < -0.4 is 10.1 Å². The van der Waals surface area contributed by atoms with E-state index in [1.54, 1.807) is 24.3 Å². The fourth-order valence-electron chi connectivity index (χ4n) is 4.01. The van der Waals surface area contributed by atoms with Crippen LogP contribution in [0.1, 0.15) is 33.7 Å². The second-order valence-corrected chi connectivity index (χ2v) is 8.65. The van der Waals surface area contributed by atoms with Gasteiger partial charge in [-0.15, -0.1) is 0 Å². The van der Waals surface area contributed by atoms with Gasteiger partial charge in [0.2, 0.25) is 0 Å². The van der Waals surface area contributed by atoms with Crippen LogP contribution in [0.2, 0.25) is 5.02 Å². The largest absolute Gasteiger partial charge is 0.494 e. The van der Waals surface area contributed by atoms with Gasteiger partial charge in [0.15, 0.2) is 0 Å². The SMILES string of the molecule is Cc1cc(C)cc(OCCCn2c(CCNC(=O)c3cccc(Cl)c3)nc3ccccc32)c1. The van der Waals surface area contributed by atoms with Crippen molar-refractivity contribution in [3.05, 3.63) is 94.3 Å². The predicted molar refractivity (Wildman–Crippen MR) is 133 cm³/mol. The highest BCUT2D eigenvalue weighted by Gasteiger charge is 2.12. The number of nitrogens with zero attached hydrogens (tertiary/aromatic N) is 2. The Morgan fingerprint density at radius 1 is 1.03 bits per heavy atom. The minimum atomic E-state index is -0.137. The molecular formula is C27H28ClN3O2. The van der Waals surface area contributed by atoms with Gasteiger partial charge in [-0.25, -0.2) is 4.98 Å². The number of ether oxygens (including phenoxy) is 1. The summed E-state index contributed by atoms with van der Waals surface area (Å²) in [6, 6.07) is 21.3. The van der Waals surface area contributed by atoms with Gasteiger partial charge < -0.3 is 14.6 Å². The van der Waals surface area contributed by atoms with E-state index in [9.17, 15) is 4.79 Å². The lowest BCUT2D eigenvalue weighted by atomic mass is 10.1. The van der Waals surface area contributed by atoms with E-state index in [2.05, 4.69) is 48.0 Å². The number of hydrogen-bond acceptors (Lipinski definition) is 3. The number of fused-ring (bicyclic) bond motifs is 1. The fourth-order valence-corrected chi connectivity index (χ4v) is 4.20. The van der Waals surface area contributed by atoms with Crippen molar-refractivity contribution in [1.82, 2.24) is 14.9 Å². The van der Waals surface area contributed by atoms with Crippen molar-refractivity contribution >= 4 is 28.5 Å². The lowest BCUT2D eigenvalue weighted by Crippen LogP contribution is -2.26. The normalized spacial score (nSPS) is 11.0. The third kappa shape index (κ3) is 5.93. The second kappa shape index (κ2) is 10.5. The minimum Gasteiger partial charge on any atom is -0.494 e. The molecule has 4 aromatic rings. The summed E-state index contributed by atoms with van der Waals surface area (Å²) in [5.74, 6) is 1.72. The van der Waals surface area contributed by atoms with Crippen molar-refractivity contribution in [3.8, 4) is 5.75 Å². The van der Waals surface area contributed by atoms with Crippen LogP contribution in [0.15, 0.2) is 66.7 Å². The van der Waals surface area contributed by atoms with E-state index in [0.717, 1.165) is 35.6 Å². The number of para-hydroxylation sites is 2. The Hall–Kier alpha value is -3.31. The van der Waals surface area contributed by atoms with Crippen molar-refractivity contribution < 1.29 is 9.53 Å². The number of rotatable bonds is 9. The van der Waals surface area contributed by atoms with Crippen molar-refractivity contribution in [3.63, 3.8) is 0 Å². The zero-order valence-corrected chi connectivity index (χ0v) is 19.7. The van der Waals surface area contributed by atoms with E-state index in [0.29, 0.717) is 30.2 Å². The monoisotopic (exact) mass is 461 g/mol. The quantitative estimate of drug-likeness (QED) is 0.323. The first kappa shape index (κ1) is 22.9. The van der Waals surface area contributed by atoms with Gasteiger partial charge in [-0.2, -0.15) is 0 Å². The molecule has 4 rings (SSSR count). The number of nitrogens with one attached hydrogen (secondary N) is 1. The molecule has 1 amide bonds. The van der Waals surface area contributed by atoms with Gasteiger partial charge in [0.05, 0.1) is 17.6 Å². The Balaban J connectivity index is 1.38. The number of halogens is 1. The Morgan fingerprint density at radius 3 is 2.61 bits per heavy atom. The van der Waals surface area contributed by atoms with Crippen LogP contribution in [0.5, 0.6) is 5.75 Å². The Kier molecular flexibility index (Phi) is 7.30. The second-order valence-electron chi connectivity index (χ2n) is 8.21. The van der Waals surface area contributed by atoms with Gasteiger partial charge in [0.25, 0.3) is 5.91 Å². The van der Waals surface area contributed by atoms with E-state index in [4.69, 9.17) is 21.3 Å². The van der Waals surface area contributed by atoms with Crippen LogP contribution in [0, 0.1) is 13.8 Å². The van der Waals surface area contributed by atoms with Gasteiger partial charge in [-0.05, 0) is 73.9 Å². The maximum absolute atomic E-state index is 12.4. The number of aryl methyl sites for hydroxylation is 3. The third-order valence-corrected chi connectivity index (χ3v) is 5.68. The molecule has 170 valence electrons. The van der Waals surface area contributed by atoms with E-state index < -0.39 is 0 Å². The van der Waals surface area contributed by atoms with Crippen LogP contribution in [-0.2, 0) is 13.0 Å². The molecule has 0 spiro atoms. The minimum absolute atomic E-state index is 0.137. The van der Waals surface area contributed by atoms with Crippen molar-refractivity contribution in [1.29, 1.82) is 0 Å². The first-order chi connectivity index (χ1) is 16.0. The molecule has 0 radical (unpaired) electrons. The highest BCUT2D eigenvalue weighted by atomic mass is 35.5. The molecule has 5 nitrogen and oxygen atoms in total. The maximum atomic E-state index is 12.4. The van der Waals surface area contributed by atoms with Gasteiger partial charge in [0, 0.05) is 30.1 Å². The number of aromatic nitrogens is 2. The molecule has 0 saturated heterocycles. The summed E-state index contributed by atoms with van der Waals surface area (Å²) in [5.41, 5.74) is 5.02. The van der Waals surface area contributed by atoms with Crippen LogP contribution in [-0.4, -0.2) is 28.6 Å². The van der Waals surface area contributed by atoms with Gasteiger partial charge in [0.1, 0.15) is 11.6 Å². The van der Waals surface area contributed by atoms with Crippen molar-refractivity contribution in [2.75, 3.05) is 13.2 Å². The van der Waals surface area contributed by atoms with E-state index in [-0.39, 0.29) is 5.91 Å². The molecule has 0 bridgehead atoms. The molecule has 33 heavy (non-hydrogen) atoms. The van der Waals surface area contributed by atoms with Gasteiger partial charge in [-0.3, -0.25) is 4.79 Å². The maximum Gasteiger partial charge on any atom is 0.251 e. The van der Waals surface area contributed by atoms with Crippen molar-refractivity contribution in [2.24, 2.45) is 0 Å². The summed E-state index contributed by atoms with van der Waals surface area (Å²) in [4.78, 5) is 17.2. The summed E-state index contributed by atoms with van der Waals surface area (Å²) in [6.45, 7) is 6.07. The average molecular weight is 462 g/mol. The molecule has 0 fully saturated rings. The number of hydrogen-bond donors (Lipinski definition) is 1. The molecule has 0 unspecified atom stereocenters. The van der Waals surface area contributed by atoms with Gasteiger partial charge >= 0.3 is 0 Å². The summed E-state index contributed by atoms with van der Waals surface area (Å²) in [5, 5.41) is 3.52. The van der Waals surface area contributed by atoms with E-state index in [1.165, 1.54) is 11.1 Å². The molecule has 1 N–H and O–H groups in total. The standard InChI is InChI=1S/C27H28ClN3O2/c1-19-15-20(2)17-23(16-19)33-14-6-13-31-25-10-4-3-9-24(25)30-26(31)11-12-29-27(32)21-7-5-8-22(28)18-21/h3-5,7-10,15-18H,6,11-14H2,1-2H3,(H,29,32). The van der Waals surface area contributed by atoms with Crippen LogP contribution in [0.25, 0.3) is 11.0 Å². The molecule has 0 aliphatic rings. The summed E-state index contributed by atoms with van der Waals surface area (Å²) in [6.07, 6.45) is 1.49. The molecule has 1 aromatic heterocycles. The van der Waals surface area contributed by atoms with Crippen LogP contribution in [0.3, 0.4) is 0 Å². The molecular weight excluding hydrogens is 434 g/mol. The summed E-state index contributed by atoms with van der Waals surface area (Å²) < 4.78 is 8.22. The molecule has 0 saturated carbocycles. The smallest absolute Gasteiger partial charge is 0.251 e. The van der Waals surface area contributed by atoms with Crippen LogP contribution in [0.4, 0.5) is 0 Å². The number of amides is 1. The van der Waals surface area contributed by atoms with E-state index in [1.807, 2.05) is 18.2 Å². The first-order valence-electron chi connectivity index (χ1n) is 11.2. The summed E-state index contributed by atoms with van der Waals surface area (Å²) >= 11 is 6.00. The number of carbonyl (C=O) groups is 1. The Bertz CT molecular complexity index is 1250. The Morgan fingerprint density at radius 2 is 1.82 bits per heavy atom. The Labute approximate surface area is 199 Å². The topological polar surface area (TPSA) is 56.1 Å². The van der Waals surface area contributed by atoms with Crippen molar-refractivity contribution in [2.45, 2.75) is 33.2 Å². The molecule has 1 heterocycles. The summed E-state index contributed by atoms with van der Waals surface area (Å²) in [7, 11) is 0. The molecule has 0 aliphatic carbocycles. The molecule has 0 atom stereocenters. The first-order valence-corrected chi connectivity index (χ1v) is 11.6. The molecule has 6 heteroatoms. The number of imidazole rings is 1. The van der Waals surface area contributed by atoms with E-state index >= 15 is 0 Å². The zero-order valence-electron chi connectivity index (χ0n) is 19.0. The predicted octanol–water partition coefficient (Wildman–Crippen LogP) is 5.75. The molecule has 0 aliphatic heterocycles. The van der Waals surface area contributed by atoms with Crippen LogP contribution >= 0.6 is 11.6 Å². The number of benzene rings is 3. The number of carbonyl (C=O) groups excluding carboxylic acids is 1. The zero-order chi connectivity index (χ0) is 23.2. The third-order valence-electron chi connectivity index (χ3n) is 5.44. The fraction of sp³-hybridized carbons (Fsp3) is 0.259. The highest BCUT2D eigenvalue weighted by Crippen LogP contribution is 2.19. The van der Waals surface area contributed by atoms with Gasteiger partial charge in [-0.1, -0.05) is 35.9 Å². The average Bonchev–Trinajstić information content (AvgIpc) is 3.13.